The summed E-state index contributed by atoms with van der Waals surface area (Å²) in [6, 6.07) is 9.52. The monoisotopic (exact) mass is 540 g/mol. The van der Waals surface area contributed by atoms with E-state index in [9.17, 15) is 35.7 Å². The van der Waals surface area contributed by atoms with E-state index in [1.807, 2.05) is 0 Å². The van der Waals surface area contributed by atoms with Crippen LogP contribution in [0, 0.1) is 0 Å². The lowest BCUT2D eigenvalue weighted by Crippen LogP contribution is -2.59. The van der Waals surface area contributed by atoms with Gasteiger partial charge in [0.25, 0.3) is 0 Å². The predicted octanol–water partition coefficient (Wildman–Crippen LogP) is -0.368. The minimum absolute atomic E-state index is 0.0826. The molecule has 12 nitrogen and oxygen atoms in total. The van der Waals surface area contributed by atoms with Gasteiger partial charge in [-0.1, -0.05) is 12.1 Å². The van der Waals surface area contributed by atoms with Gasteiger partial charge < -0.3 is 59.4 Å². The van der Waals surface area contributed by atoms with Gasteiger partial charge in [0.1, 0.15) is 30.5 Å². The summed E-state index contributed by atoms with van der Waals surface area (Å²) < 4.78 is 27.2. The molecule has 38 heavy (non-hydrogen) atoms. The molecule has 0 saturated carbocycles. The van der Waals surface area contributed by atoms with Crippen molar-refractivity contribution < 1.29 is 59.4 Å². The summed E-state index contributed by atoms with van der Waals surface area (Å²) in [6.45, 7) is -0.862. The molecule has 0 bridgehead atoms. The van der Waals surface area contributed by atoms with Crippen LogP contribution in [0.3, 0.4) is 0 Å². The van der Waals surface area contributed by atoms with Crippen molar-refractivity contribution in [2.75, 3.05) is 34.0 Å². The van der Waals surface area contributed by atoms with Crippen LogP contribution < -0.4 is 14.2 Å². The second-order valence-corrected chi connectivity index (χ2v) is 8.87. The number of hydrogen-bond donors (Lipinski definition) is 7. The standard InChI is InChI=1S/C26H36O12/c1-34-18-11-15(6-7-16(18)29)22(30)20(12-27)37-17-8-5-14(10-19(17)35-2)4-3-9-36-26-25(33)24(32)23(31)21(13-28)38-26/h5-8,10-11,20-33H,3-4,9,12-13H2,1-2H3. The zero-order valence-electron chi connectivity index (χ0n) is 21.2. The van der Waals surface area contributed by atoms with Gasteiger partial charge in [0.05, 0.1) is 34.0 Å². The molecule has 2 aromatic carbocycles. The number of phenols is 1. The third-order valence-electron chi connectivity index (χ3n) is 6.32. The Bertz CT molecular complexity index is 1020. The average molecular weight is 541 g/mol. The van der Waals surface area contributed by atoms with Crippen LogP contribution in [0.5, 0.6) is 23.0 Å². The van der Waals surface area contributed by atoms with E-state index < -0.39 is 56.1 Å². The van der Waals surface area contributed by atoms with Crippen molar-refractivity contribution >= 4 is 0 Å². The number of aliphatic hydroxyl groups excluding tert-OH is 6. The van der Waals surface area contributed by atoms with E-state index in [2.05, 4.69) is 0 Å². The largest absolute Gasteiger partial charge is 0.504 e. The molecule has 12 heteroatoms. The van der Waals surface area contributed by atoms with Crippen molar-refractivity contribution in [1.82, 2.24) is 0 Å². The Kier molecular flexibility index (Phi) is 10.9. The Hall–Kier alpha value is -2.68. The van der Waals surface area contributed by atoms with Crippen molar-refractivity contribution in [1.29, 1.82) is 0 Å². The van der Waals surface area contributed by atoms with Gasteiger partial charge in [0.2, 0.25) is 0 Å². The molecule has 7 N–H and O–H groups in total. The summed E-state index contributed by atoms with van der Waals surface area (Å²) >= 11 is 0. The molecule has 0 amide bonds. The molecule has 1 aliphatic heterocycles. The zero-order valence-corrected chi connectivity index (χ0v) is 21.2. The summed E-state index contributed by atoms with van der Waals surface area (Å²) in [4.78, 5) is 0. The van der Waals surface area contributed by atoms with Crippen LogP contribution in [0.15, 0.2) is 36.4 Å². The first-order valence-corrected chi connectivity index (χ1v) is 12.2. The number of hydrogen-bond acceptors (Lipinski definition) is 12. The normalized spacial score (nSPS) is 25.0. The van der Waals surface area contributed by atoms with Gasteiger partial charge in [-0.05, 0) is 48.2 Å². The molecule has 3 rings (SSSR count). The molecular weight excluding hydrogens is 504 g/mol. The van der Waals surface area contributed by atoms with Crippen LogP contribution in [0.25, 0.3) is 0 Å². The van der Waals surface area contributed by atoms with E-state index in [4.69, 9.17) is 23.7 Å². The maximum absolute atomic E-state index is 10.8. The fraction of sp³-hybridized carbons (Fsp3) is 0.538. The molecule has 0 aliphatic carbocycles. The molecular formula is C26H36O12. The molecule has 1 aliphatic rings. The van der Waals surface area contributed by atoms with Gasteiger partial charge in [0.15, 0.2) is 35.4 Å². The number of methoxy groups -OCH3 is 2. The second kappa shape index (κ2) is 13.9. The lowest BCUT2D eigenvalue weighted by molar-refractivity contribution is -0.301. The number of aliphatic hydroxyl groups is 6. The van der Waals surface area contributed by atoms with Crippen LogP contribution in [0.1, 0.15) is 23.7 Å². The smallest absolute Gasteiger partial charge is 0.186 e. The first-order chi connectivity index (χ1) is 18.2. The van der Waals surface area contributed by atoms with Crippen LogP contribution in [-0.2, 0) is 15.9 Å². The second-order valence-electron chi connectivity index (χ2n) is 8.87. The van der Waals surface area contributed by atoms with Crippen molar-refractivity contribution in [2.24, 2.45) is 0 Å². The van der Waals surface area contributed by atoms with Crippen molar-refractivity contribution in [3.63, 3.8) is 0 Å². The number of rotatable bonds is 13. The highest BCUT2D eigenvalue weighted by Gasteiger charge is 2.43. The quantitative estimate of drug-likeness (QED) is 0.164. The summed E-state index contributed by atoms with van der Waals surface area (Å²) in [6.07, 6.45) is -7.82. The molecule has 1 fully saturated rings. The Labute approximate surface area is 220 Å². The Morgan fingerprint density at radius 1 is 0.895 bits per heavy atom. The molecule has 1 heterocycles. The summed E-state index contributed by atoms with van der Waals surface area (Å²) in [5.74, 6) is 0.778. The Morgan fingerprint density at radius 3 is 2.29 bits per heavy atom. The third kappa shape index (κ3) is 7.04. The third-order valence-corrected chi connectivity index (χ3v) is 6.32. The molecule has 0 radical (unpaired) electrons. The molecule has 2 aromatic rings. The van der Waals surface area contributed by atoms with Gasteiger partial charge in [-0.2, -0.15) is 0 Å². The van der Waals surface area contributed by atoms with E-state index >= 15 is 0 Å². The van der Waals surface area contributed by atoms with Crippen molar-refractivity contribution in [3.8, 4) is 23.0 Å². The summed E-state index contributed by atoms with van der Waals surface area (Å²) in [5, 5.41) is 69.4. The molecule has 0 aromatic heterocycles. The van der Waals surface area contributed by atoms with Gasteiger partial charge in [0, 0.05) is 0 Å². The van der Waals surface area contributed by atoms with E-state index in [0.29, 0.717) is 29.9 Å². The zero-order chi connectivity index (χ0) is 27.8. The Morgan fingerprint density at radius 2 is 1.63 bits per heavy atom. The highest BCUT2D eigenvalue weighted by Crippen LogP contribution is 2.34. The minimum atomic E-state index is -1.50. The average Bonchev–Trinajstić information content (AvgIpc) is 2.94. The first kappa shape index (κ1) is 29.9. The van der Waals surface area contributed by atoms with Gasteiger partial charge >= 0.3 is 0 Å². The van der Waals surface area contributed by atoms with Crippen LogP contribution in [0.2, 0.25) is 0 Å². The lowest BCUT2D eigenvalue weighted by Gasteiger charge is -2.39. The van der Waals surface area contributed by atoms with Crippen molar-refractivity contribution in [2.45, 2.75) is 55.8 Å². The van der Waals surface area contributed by atoms with Crippen LogP contribution in [-0.4, -0.2) is 107 Å². The number of ether oxygens (including phenoxy) is 5. The van der Waals surface area contributed by atoms with Gasteiger partial charge in [-0.25, -0.2) is 0 Å². The maximum Gasteiger partial charge on any atom is 0.186 e. The fourth-order valence-corrected chi connectivity index (χ4v) is 4.10. The number of aryl methyl sites for hydroxylation is 1. The summed E-state index contributed by atoms with van der Waals surface area (Å²) in [7, 11) is 2.85. The van der Waals surface area contributed by atoms with Gasteiger partial charge in [-0.15, -0.1) is 0 Å². The molecule has 7 atom stereocenters. The van der Waals surface area contributed by atoms with Gasteiger partial charge in [-0.3, -0.25) is 0 Å². The van der Waals surface area contributed by atoms with Crippen LogP contribution >= 0.6 is 0 Å². The molecule has 0 spiro atoms. The SMILES string of the molecule is COc1cc(C(O)C(CO)Oc2ccc(CCCOC3OC(CO)C(O)C(O)C3O)cc2OC)ccc1O. The Balaban J connectivity index is 1.58. The maximum atomic E-state index is 10.8. The highest BCUT2D eigenvalue weighted by atomic mass is 16.7. The lowest BCUT2D eigenvalue weighted by atomic mass is 9.99. The minimum Gasteiger partial charge on any atom is -0.504 e. The topological polar surface area (TPSA) is 188 Å². The predicted molar refractivity (Wildman–Crippen MR) is 132 cm³/mol. The van der Waals surface area contributed by atoms with E-state index in [1.165, 1.54) is 32.4 Å². The van der Waals surface area contributed by atoms with Crippen LogP contribution in [0.4, 0.5) is 0 Å². The summed E-state index contributed by atoms with van der Waals surface area (Å²) in [5.41, 5.74) is 1.25. The highest BCUT2D eigenvalue weighted by molar-refractivity contribution is 5.44. The molecule has 212 valence electrons. The number of aromatic hydroxyl groups is 1. The molecule has 1 saturated heterocycles. The van der Waals surface area contributed by atoms with E-state index in [0.717, 1.165) is 5.56 Å². The molecule has 7 unspecified atom stereocenters. The van der Waals surface area contributed by atoms with E-state index in [-0.39, 0.29) is 18.1 Å². The number of benzene rings is 2. The number of phenolic OH excluding ortho intramolecular Hbond substituents is 1. The fourth-order valence-electron chi connectivity index (χ4n) is 4.10. The van der Waals surface area contributed by atoms with E-state index in [1.54, 1.807) is 18.2 Å². The van der Waals surface area contributed by atoms with Crippen molar-refractivity contribution in [3.05, 3.63) is 47.5 Å². The first-order valence-electron chi connectivity index (χ1n) is 12.2.